The van der Waals surface area contributed by atoms with Gasteiger partial charge in [-0.2, -0.15) is 4.31 Å². The third-order valence-corrected chi connectivity index (χ3v) is 5.28. The molecule has 2 saturated heterocycles. The largest absolute Gasteiger partial charge is 0.480 e. The average Bonchev–Trinajstić information content (AvgIpc) is 2.86. The van der Waals surface area contributed by atoms with Gasteiger partial charge in [-0.15, -0.1) is 0 Å². The van der Waals surface area contributed by atoms with Crippen molar-refractivity contribution in [3.8, 4) is 0 Å². The highest BCUT2D eigenvalue weighted by atomic mass is 32.2. The van der Waals surface area contributed by atoms with Crippen LogP contribution in [0.4, 0.5) is 0 Å². The van der Waals surface area contributed by atoms with E-state index in [0.717, 1.165) is 4.31 Å². The van der Waals surface area contributed by atoms with Gasteiger partial charge >= 0.3 is 5.97 Å². The molecule has 0 aliphatic carbocycles. The Balaban J connectivity index is 2.02. The number of hydrogen-bond donors (Lipinski definition) is 1. The van der Waals surface area contributed by atoms with Gasteiger partial charge in [0, 0.05) is 13.1 Å². The van der Waals surface area contributed by atoms with Gasteiger partial charge < -0.3 is 10.0 Å². The molecule has 1 N–H and O–H groups in total. The topological polar surface area (TPSA) is 95.0 Å². The molecule has 2 aliphatic heterocycles. The summed E-state index contributed by atoms with van der Waals surface area (Å²) < 4.78 is 24.3. The van der Waals surface area contributed by atoms with E-state index in [1.807, 2.05) is 0 Å². The molecule has 2 aliphatic rings. The standard InChI is InChI=1S/C10H16N2O5S/c13-9(7-11-4-2-6-18(11,16)17)12-5-1-3-8(12)10(14)15/h8H,1-7H2,(H,14,15)/t8-/m1/s1. The number of carbonyl (C=O) groups is 2. The second-order valence-electron chi connectivity index (χ2n) is 4.59. The summed E-state index contributed by atoms with van der Waals surface area (Å²) in [6.45, 7) is 0.509. The van der Waals surface area contributed by atoms with E-state index in [0.29, 0.717) is 32.4 Å². The lowest BCUT2D eigenvalue weighted by Gasteiger charge is -2.23. The predicted octanol–water partition coefficient (Wildman–Crippen LogP) is -0.902. The molecule has 0 bridgehead atoms. The molecule has 0 unspecified atom stereocenters. The SMILES string of the molecule is O=C(O)[C@H]1CCCN1C(=O)CN1CCCS1(=O)=O. The first-order valence-electron chi connectivity index (χ1n) is 5.92. The highest BCUT2D eigenvalue weighted by Gasteiger charge is 2.37. The van der Waals surface area contributed by atoms with E-state index in [2.05, 4.69) is 0 Å². The Kier molecular flexibility index (Phi) is 3.58. The van der Waals surface area contributed by atoms with Crippen LogP contribution in [-0.4, -0.2) is 66.0 Å². The second-order valence-corrected chi connectivity index (χ2v) is 6.67. The van der Waals surface area contributed by atoms with Crippen LogP contribution >= 0.6 is 0 Å². The number of carboxylic acids is 1. The number of amides is 1. The highest BCUT2D eigenvalue weighted by Crippen LogP contribution is 2.19. The van der Waals surface area contributed by atoms with Gasteiger partial charge in [0.2, 0.25) is 15.9 Å². The predicted molar refractivity (Wildman–Crippen MR) is 62.3 cm³/mol. The molecule has 0 spiro atoms. The lowest BCUT2D eigenvalue weighted by molar-refractivity contribution is -0.148. The van der Waals surface area contributed by atoms with Crippen LogP contribution in [-0.2, 0) is 19.6 Å². The molecule has 0 aromatic carbocycles. The smallest absolute Gasteiger partial charge is 0.326 e. The minimum Gasteiger partial charge on any atom is -0.480 e. The van der Waals surface area contributed by atoms with Gasteiger partial charge in [0.25, 0.3) is 0 Å². The van der Waals surface area contributed by atoms with Crippen LogP contribution in [0, 0.1) is 0 Å². The first-order chi connectivity index (χ1) is 8.42. The Morgan fingerprint density at radius 1 is 1.22 bits per heavy atom. The lowest BCUT2D eigenvalue weighted by atomic mass is 10.2. The molecule has 18 heavy (non-hydrogen) atoms. The van der Waals surface area contributed by atoms with Crippen LogP contribution < -0.4 is 0 Å². The number of sulfonamides is 1. The van der Waals surface area contributed by atoms with Gasteiger partial charge in [-0.1, -0.05) is 0 Å². The Morgan fingerprint density at radius 2 is 1.94 bits per heavy atom. The molecule has 2 fully saturated rings. The van der Waals surface area contributed by atoms with Crippen molar-refractivity contribution in [2.45, 2.75) is 25.3 Å². The van der Waals surface area contributed by atoms with Crippen molar-refractivity contribution in [2.24, 2.45) is 0 Å². The van der Waals surface area contributed by atoms with Crippen molar-refractivity contribution in [3.63, 3.8) is 0 Å². The monoisotopic (exact) mass is 276 g/mol. The third kappa shape index (κ3) is 2.49. The summed E-state index contributed by atoms with van der Waals surface area (Å²) in [6, 6.07) is -0.803. The molecule has 0 aromatic heterocycles. The number of carboxylic acid groups (broad SMARTS) is 1. The van der Waals surface area contributed by atoms with E-state index >= 15 is 0 Å². The van der Waals surface area contributed by atoms with Crippen molar-refractivity contribution in [2.75, 3.05) is 25.4 Å². The fourth-order valence-electron chi connectivity index (χ4n) is 2.43. The molecule has 0 radical (unpaired) electrons. The van der Waals surface area contributed by atoms with Crippen LogP contribution in [0.25, 0.3) is 0 Å². The lowest BCUT2D eigenvalue weighted by Crippen LogP contribution is -2.45. The van der Waals surface area contributed by atoms with E-state index in [1.165, 1.54) is 4.90 Å². The highest BCUT2D eigenvalue weighted by molar-refractivity contribution is 7.89. The fourth-order valence-corrected chi connectivity index (χ4v) is 3.90. The zero-order chi connectivity index (χ0) is 13.3. The van der Waals surface area contributed by atoms with E-state index < -0.39 is 27.9 Å². The zero-order valence-electron chi connectivity index (χ0n) is 9.91. The van der Waals surface area contributed by atoms with Crippen molar-refractivity contribution in [1.29, 1.82) is 0 Å². The van der Waals surface area contributed by atoms with Crippen LogP contribution in [0.15, 0.2) is 0 Å². The van der Waals surface area contributed by atoms with E-state index in [-0.39, 0.29) is 12.3 Å². The number of carbonyl (C=O) groups excluding carboxylic acids is 1. The van der Waals surface area contributed by atoms with Gasteiger partial charge in [0.1, 0.15) is 6.04 Å². The molecular weight excluding hydrogens is 260 g/mol. The number of nitrogens with zero attached hydrogens (tertiary/aromatic N) is 2. The summed E-state index contributed by atoms with van der Waals surface area (Å²) in [6.07, 6.45) is 1.61. The minimum atomic E-state index is -3.31. The Labute approximate surface area is 105 Å². The molecule has 0 saturated carbocycles. The zero-order valence-corrected chi connectivity index (χ0v) is 10.7. The summed E-state index contributed by atoms with van der Waals surface area (Å²) in [5, 5.41) is 8.97. The van der Waals surface area contributed by atoms with Crippen LogP contribution in [0.5, 0.6) is 0 Å². The summed E-state index contributed by atoms with van der Waals surface area (Å²) in [4.78, 5) is 24.2. The van der Waals surface area contributed by atoms with Crippen LogP contribution in [0.3, 0.4) is 0 Å². The molecule has 0 aromatic rings. The number of likely N-dealkylation sites (tertiary alicyclic amines) is 1. The average molecular weight is 276 g/mol. The molecule has 7 nitrogen and oxygen atoms in total. The summed E-state index contributed by atoms with van der Waals surface area (Å²) in [5.41, 5.74) is 0. The Hall–Kier alpha value is -1.15. The summed E-state index contributed by atoms with van der Waals surface area (Å²) in [5.74, 6) is -1.36. The first kappa shape index (κ1) is 13.3. The number of hydrogen-bond acceptors (Lipinski definition) is 4. The van der Waals surface area contributed by atoms with Gasteiger partial charge in [0.15, 0.2) is 0 Å². The number of rotatable bonds is 3. The molecule has 2 heterocycles. The minimum absolute atomic E-state index is 0.0721. The molecule has 8 heteroatoms. The number of aliphatic carboxylic acids is 1. The van der Waals surface area contributed by atoms with E-state index in [1.54, 1.807) is 0 Å². The molecule has 1 atom stereocenters. The molecule has 102 valence electrons. The van der Waals surface area contributed by atoms with Crippen molar-refractivity contribution >= 4 is 21.9 Å². The van der Waals surface area contributed by atoms with Gasteiger partial charge in [-0.3, -0.25) is 4.79 Å². The van der Waals surface area contributed by atoms with Crippen LogP contribution in [0.1, 0.15) is 19.3 Å². The van der Waals surface area contributed by atoms with Gasteiger partial charge in [0.05, 0.1) is 12.3 Å². The maximum atomic E-state index is 12.0. The Bertz CT molecular complexity index is 461. The normalized spacial score (nSPS) is 27.6. The van der Waals surface area contributed by atoms with Gasteiger partial charge in [-0.25, -0.2) is 13.2 Å². The maximum absolute atomic E-state index is 12.0. The van der Waals surface area contributed by atoms with Crippen LogP contribution in [0.2, 0.25) is 0 Å². The molecule has 2 rings (SSSR count). The van der Waals surface area contributed by atoms with Crippen molar-refractivity contribution in [1.82, 2.24) is 9.21 Å². The summed E-state index contributed by atoms with van der Waals surface area (Å²) >= 11 is 0. The van der Waals surface area contributed by atoms with Crippen molar-refractivity contribution < 1.29 is 23.1 Å². The van der Waals surface area contributed by atoms with E-state index in [9.17, 15) is 18.0 Å². The first-order valence-corrected chi connectivity index (χ1v) is 7.53. The maximum Gasteiger partial charge on any atom is 0.326 e. The molecule has 1 amide bonds. The fraction of sp³-hybridized carbons (Fsp3) is 0.800. The second kappa shape index (κ2) is 4.85. The Morgan fingerprint density at radius 3 is 2.50 bits per heavy atom. The quantitative estimate of drug-likeness (QED) is 0.720. The van der Waals surface area contributed by atoms with Crippen molar-refractivity contribution in [3.05, 3.63) is 0 Å². The van der Waals surface area contributed by atoms with Gasteiger partial charge in [-0.05, 0) is 19.3 Å². The third-order valence-electron chi connectivity index (χ3n) is 3.37. The van der Waals surface area contributed by atoms with E-state index in [4.69, 9.17) is 5.11 Å². The summed E-state index contributed by atoms with van der Waals surface area (Å²) in [7, 11) is -3.31. The molecular formula is C10H16N2O5S.